The van der Waals surface area contributed by atoms with Gasteiger partial charge >= 0.3 is 0 Å². The summed E-state index contributed by atoms with van der Waals surface area (Å²) in [6.07, 6.45) is 1.07. The highest BCUT2D eigenvalue weighted by Gasteiger charge is 2.20. The van der Waals surface area contributed by atoms with E-state index < -0.39 is 0 Å². The van der Waals surface area contributed by atoms with E-state index in [-0.39, 0.29) is 11.7 Å². The van der Waals surface area contributed by atoms with Gasteiger partial charge in [-0.25, -0.2) is 0 Å². The molecule has 0 aromatic heterocycles. The van der Waals surface area contributed by atoms with Gasteiger partial charge in [0, 0.05) is 38.2 Å². The SMILES string of the molecule is CN(C)CCSCC(=O)N1CCC(=O)CC1. The molecule has 0 aromatic rings. The Morgan fingerprint density at radius 2 is 2.00 bits per heavy atom. The first-order valence-corrected chi connectivity index (χ1v) is 6.77. The number of Topliss-reactive ketones (excluding diaryl/α,β-unsaturated/α-hetero) is 1. The number of nitrogens with zero attached hydrogens (tertiary/aromatic N) is 2. The van der Waals surface area contributed by atoms with Crippen LogP contribution in [-0.2, 0) is 9.59 Å². The summed E-state index contributed by atoms with van der Waals surface area (Å²) in [6, 6.07) is 0. The van der Waals surface area contributed by atoms with Gasteiger partial charge in [-0.1, -0.05) is 0 Å². The van der Waals surface area contributed by atoms with Crippen LogP contribution >= 0.6 is 11.8 Å². The Kier molecular flexibility index (Phi) is 5.84. The Balaban J connectivity index is 2.12. The maximum Gasteiger partial charge on any atom is 0.232 e. The topological polar surface area (TPSA) is 40.6 Å². The molecule has 5 heteroatoms. The Hall–Kier alpha value is -0.550. The van der Waals surface area contributed by atoms with E-state index in [0.29, 0.717) is 31.7 Å². The zero-order valence-corrected chi connectivity index (χ0v) is 10.9. The standard InChI is InChI=1S/C11H20N2O2S/c1-12(2)7-8-16-9-11(15)13-5-3-10(14)4-6-13/h3-9H2,1-2H3. The third-order valence-electron chi connectivity index (χ3n) is 2.58. The molecular weight excluding hydrogens is 224 g/mol. The van der Waals surface area contributed by atoms with Gasteiger partial charge in [0.05, 0.1) is 5.75 Å². The average molecular weight is 244 g/mol. The van der Waals surface area contributed by atoms with Gasteiger partial charge in [0.15, 0.2) is 0 Å². The van der Waals surface area contributed by atoms with Crippen LogP contribution in [0.15, 0.2) is 0 Å². The molecule has 0 spiro atoms. The van der Waals surface area contributed by atoms with Crippen LogP contribution in [0.25, 0.3) is 0 Å². The number of amides is 1. The normalized spacial score (nSPS) is 16.9. The molecule has 1 aliphatic rings. The minimum Gasteiger partial charge on any atom is -0.341 e. The van der Waals surface area contributed by atoms with Gasteiger partial charge in [0.25, 0.3) is 0 Å². The van der Waals surface area contributed by atoms with Crippen molar-refractivity contribution in [3.8, 4) is 0 Å². The molecular formula is C11H20N2O2S. The maximum atomic E-state index is 11.7. The summed E-state index contributed by atoms with van der Waals surface area (Å²) in [6.45, 7) is 2.23. The zero-order valence-electron chi connectivity index (χ0n) is 10.1. The largest absolute Gasteiger partial charge is 0.341 e. The minimum atomic E-state index is 0.177. The number of carbonyl (C=O) groups is 2. The smallest absolute Gasteiger partial charge is 0.232 e. The van der Waals surface area contributed by atoms with E-state index in [4.69, 9.17) is 0 Å². The molecule has 1 aliphatic heterocycles. The monoisotopic (exact) mass is 244 g/mol. The molecule has 0 bridgehead atoms. The fourth-order valence-electron chi connectivity index (χ4n) is 1.50. The molecule has 92 valence electrons. The summed E-state index contributed by atoms with van der Waals surface area (Å²) >= 11 is 1.67. The van der Waals surface area contributed by atoms with Crippen molar-refractivity contribution >= 4 is 23.5 Å². The van der Waals surface area contributed by atoms with Gasteiger partial charge in [0.2, 0.25) is 5.91 Å². The van der Waals surface area contributed by atoms with Crippen molar-refractivity contribution < 1.29 is 9.59 Å². The van der Waals surface area contributed by atoms with Crippen LogP contribution in [-0.4, -0.2) is 66.7 Å². The number of hydrogen-bond acceptors (Lipinski definition) is 4. The van der Waals surface area contributed by atoms with Crippen molar-refractivity contribution in [2.45, 2.75) is 12.8 Å². The first-order valence-electron chi connectivity index (χ1n) is 5.61. The molecule has 0 aromatic carbocycles. The first kappa shape index (κ1) is 13.5. The van der Waals surface area contributed by atoms with Crippen molar-refractivity contribution in [1.29, 1.82) is 0 Å². The summed E-state index contributed by atoms with van der Waals surface area (Å²) in [5, 5.41) is 0. The van der Waals surface area contributed by atoms with Crippen LogP contribution in [0, 0.1) is 0 Å². The lowest BCUT2D eigenvalue weighted by Gasteiger charge is -2.25. The van der Waals surface area contributed by atoms with Crippen molar-refractivity contribution in [2.24, 2.45) is 0 Å². The van der Waals surface area contributed by atoms with Gasteiger partial charge in [-0.3, -0.25) is 9.59 Å². The van der Waals surface area contributed by atoms with Crippen molar-refractivity contribution in [3.63, 3.8) is 0 Å². The summed E-state index contributed by atoms with van der Waals surface area (Å²) in [5.74, 6) is 1.98. The van der Waals surface area contributed by atoms with E-state index in [0.717, 1.165) is 12.3 Å². The van der Waals surface area contributed by atoms with Crippen LogP contribution in [0.4, 0.5) is 0 Å². The fourth-order valence-corrected chi connectivity index (χ4v) is 2.50. The van der Waals surface area contributed by atoms with Gasteiger partial charge in [-0.2, -0.15) is 11.8 Å². The predicted molar refractivity (Wildman–Crippen MR) is 66.7 cm³/mol. The highest BCUT2D eigenvalue weighted by molar-refractivity contribution is 7.99. The van der Waals surface area contributed by atoms with Gasteiger partial charge < -0.3 is 9.80 Å². The molecule has 1 rings (SSSR count). The molecule has 4 nitrogen and oxygen atoms in total. The lowest BCUT2D eigenvalue weighted by molar-refractivity contribution is -0.132. The molecule has 0 radical (unpaired) electrons. The van der Waals surface area contributed by atoms with Gasteiger partial charge in [-0.15, -0.1) is 0 Å². The number of likely N-dealkylation sites (tertiary alicyclic amines) is 1. The highest BCUT2D eigenvalue weighted by Crippen LogP contribution is 2.09. The van der Waals surface area contributed by atoms with Crippen molar-refractivity contribution in [2.75, 3.05) is 45.2 Å². The lowest BCUT2D eigenvalue weighted by Crippen LogP contribution is -2.39. The van der Waals surface area contributed by atoms with E-state index in [1.54, 1.807) is 11.8 Å². The number of carbonyl (C=O) groups excluding carboxylic acids is 2. The molecule has 1 heterocycles. The number of ketones is 1. The molecule has 0 N–H and O–H groups in total. The van der Waals surface area contributed by atoms with Gasteiger partial charge in [0.1, 0.15) is 5.78 Å². The lowest BCUT2D eigenvalue weighted by atomic mass is 10.1. The number of hydrogen-bond donors (Lipinski definition) is 0. The Labute approximate surface area is 101 Å². The molecule has 0 aliphatic carbocycles. The van der Waals surface area contributed by atoms with Crippen molar-refractivity contribution in [1.82, 2.24) is 9.80 Å². The van der Waals surface area contributed by atoms with E-state index in [1.807, 2.05) is 19.0 Å². The average Bonchev–Trinajstić information content (AvgIpc) is 2.25. The number of thioether (sulfide) groups is 1. The molecule has 1 saturated heterocycles. The zero-order chi connectivity index (χ0) is 12.0. The third-order valence-corrected chi connectivity index (χ3v) is 3.50. The molecule has 0 unspecified atom stereocenters. The first-order chi connectivity index (χ1) is 7.59. The molecule has 0 saturated carbocycles. The van der Waals surface area contributed by atoms with Crippen LogP contribution < -0.4 is 0 Å². The van der Waals surface area contributed by atoms with Gasteiger partial charge in [-0.05, 0) is 14.1 Å². The minimum absolute atomic E-state index is 0.177. The summed E-state index contributed by atoms with van der Waals surface area (Å²) in [7, 11) is 4.05. The Morgan fingerprint density at radius 1 is 1.38 bits per heavy atom. The number of rotatable bonds is 5. The fraction of sp³-hybridized carbons (Fsp3) is 0.818. The molecule has 16 heavy (non-hydrogen) atoms. The summed E-state index contributed by atoms with van der Waals surface area (Å²) in [5.41, 5.74) is 0. The Morgan fingerprint density at radius 3 is 2.56 bits per heavy atom. The predicted octanol–water partition coefficient (Wildman–Crippen LogP) is 0.473. The van der Waals surface area contributed by atoms with E-state index >= 15 is 0 Å². The van der Waals surface area contributed by atoms with E-state index in [2.05, 4.69) is 4.90 Å². The summed E-state index contributed by atoms with van der Waals surface area (Å²) in [4.78, 5) is 26.7. The molecule has 1 fully saturated rings. The van der Waals surface area contributed by atoms with Crippen LogP contribution in [0.3, 0.4) is 0 Å². The summed E-state index contributed by atoms with van der Waals surface area (Å²) < 4.78 is 0. The van der Waals surface area contributed by atoms with Crippen LogP contribution in [0.5, 0.6) is 0 Å². The number of piperidine rings is 1. The second-order valence-electron chi connectivity index (χ2n) is 4.28. The highest BCUT2D eigenvalue weighted by atomic mass is 32.2. The van der Waals surface area contributed by atoms with Crippen molar-refractivity contribution in [3.05, 3.63) is 0 Å². The van der Waals surface area contributed by atoms with Crippen LogP contribution in [0.1, 0.15) is 12.8 Å². The maximum absolute atomic E-state index is 11.7. The molecule has 0 atom stereocenters. The second kappa shape index (κ2) is 6.91. The van der Waals surface area contributed by atoms with E-state index in [1.165, 1.54) is 0 Å². The quantitative estimate of drug-likeness (QED) is 0.659. The molecule has 1 amide bonds. The second-order valence-corrected chi connectivity index (χ2v) is 5.38. The van der Waals surface area contributed by atoms with E-state index in [9.17, 15) is 9.59 Å². The third kappa shape index (κ3) is 4.99. The Bertz CT molecular complexity index is 246. The van der Waals surface area contributed by atoms with Crippen LogP contribution in [0.2, 0.25) is 0 Å².